The smallest absolute Gasteiger partial charge is 0.123 e. The van der Waals surface area contributed by atoms with Crippen LogP contribution in [0, 0.1) is 18.6 Å². The van der Waals surface area contributed by atoms with Crippen molar-refractivity contribution in [2.45, 2.75) is 19.4 Å². The Kier molecular flexibility index (Phi) is 4.27. The molecule has 0 saturated heterocycles. The van der Waals surface area contributed by atoms with Gasteiger partial charge in [0.05, 0.1) is 0 Å². The fourth-order valence-corrected chi connectivity index (χ4v) is 2.19. The molecule has 19 heavy (non-hydrogen) atoms. The van der Waals surface area contributed by atoms with Gasteiger partial charge in [-0.05, 0) is 61.3 Å². The van der Waals surface area contributed by atoms with Gasteiger partial charge in [-0.2, -0.15) is 0 Å². The molecule has 0 aromatic heterocycles. The topological polar surface area (TPSA) is 12.0 Å². The monoisotopic (exact) mass is 261 g/mol. The van der Waals surface area contributed by atoms with Crippen molar-refractivity contribution in [3.8, 4) is 0 Å². The minimum atomic E-state index is -0.256. The Morgan fingerprint density at radius 3 is 2.47 bits per heavy atom. The van der Waals surface area contributed by atoms with Gasteiger partial charge < -0.3 is 5.32 Å². The van der Waals surface area contributed by atoms with Gasteiger partial charge in [-0.3, -0.25) is 0 Å². The lowest BCUT2D eigenvalue weighted by atomic mass is 9.96. The average Bonchev–Trinajstić information content (AvgIpc) is 2.39. The van der Waals surface area contributed by atoms with Gasteiger partial charge in [-0.25, -0.2) is 8.78 Å². The van der Waals surface area contributed by atoms with Crippen molar-refractivity contribution in [2.24, 2.45) is 0 Å². The molecule has 0 saturated carbocycles. The van der Waals surface area contributed by atoms with Crippen LogP contribution in [0.5, 0.6) is 0 Å². The predicted octanol–water partition coefficient (Wildman–Crippen LogP) is 3.78. The highest BCUT2D eigenvalue weighted by Gasteiger charge is 2.12. The highest BCUT2D eigenvalue weighted by molar-refractivity contribution is 5.30. The fraction of sp³-hybridized carbons (Fsp3) is 0.250. The number of likely N-dealkylation sites (N-methyl/N-ethyl adjacent to an activating group) is 1. The Hall–Kier alpha value is -1.74. The minimum Gasteiger partial charge on any atom is -0.313 e. The molecule has 1 atom stereocenters. The largest absolute Gasteiger partial charge is 0.313 e. The maximum atomic E-state index is 13.3. The Bertz CT molecular complexity index is 566. The van der Waals surface area contributed by atoms with Crippen molar-refractivity contribution in [1.82, 2.24) is 5.32 Å². The van der Waals surface area contributed by atoms with Crippen molar-refractivity contribution in [1.29, 1.82) is 0 Å². The van der Waals surface area contributed by atoms with Crippen LogP contribution in [0.4, 0.5) is 8.78 Å². The maximum Gasteiger partial charge on any atom is 0.123 e. The van der Waals surface area contributed by atoms with Gasteiger partial charge in [0.25, 0.3) is 0 Å². The highest BCUT2D eigenvalue weighted by Crippen LogP contribution is 2.21. The predicted molar refractivity (Wildman–Crippen MR) is 73.0 cm³/mol. The fourth-order valence-electron chi connectivity index (χ4n) is 2.19. The van der Waals surface area contributed by atoms with E-state index in [2.05, 4.69) is 5.32 Å². The second-order valence-electron chi connectivity index (χ2n) is 4.67. The van der Waals surface area contributed by atoms with Crippen molar-refractivity contribution >= 4 is 0 Å². The third-order valence-corrected chi connectivity index (χ3v) is 3.33. The van der Waals surface area contributed by atoms with Crippen LogP contribution in [0.25, 0.3) is 0 Å². The first-order valence-corrected chi connectivity index (χ1v) is 6.28. The third-order valence-electron chi connectivity index (χ3n) is 3.33. The molecule has 1 nitrogen and oxygen atoms in total. The van der Waals surface area contributed by atoms with E-state index < -0.39 is 0 Å². The van der Waals surface area contributed by atoms with Gasteiger partial charge >= 0.3 is 0 Å². The molecule has 0 aliphatic carbocycles. The zero-order chi connectivity index (χ0) is 13.8. The first-order chi connectivity index (χ1) is 9.10. The molecule has 0 spiro atoms. The second-order valence-corrected chi connectivity index (χ2v) is 4.67. The maximum absolute atomic E-state index is 13.3. The Labute approximate surface area is 112 Å². The summed E-state index contributed by atoms with van der Waals surface area (Å²) in [6.45, 7) is 1.95. The van der Waals surface area contributed by atoms with Crippen LogP contribution in [0.3, 0.4) is 0 Å². The summed E-state index contributed by atoms with van der Waals surface area (Å²) in [5, 5.41) is 3.15. The summed E-state index contributed by atoms with van der Waals surface area (Å²) in [6, 6.07) is 11.2. The zero-order valence-corrected chi connectivity index (χ0v) is 11.1. The summed E-state index contributed by atoms with van der Waals surface area (Å²) >= 11 is 0. The van der Waals surface area contributed by atoms with Crippen LogP contribution < -0.4 is 5.32 Å². The average molecular weight is 261 g/mol. The van der Waals surface area contributed by atoms with E-state index in [4.69, 9.17) is 0 Å². The zero-order valence-electron chi connectivity index (χ0n) is 11.1. The first kappa shape index (κ1) is 13.7. The molecule has 1 N–H and O–H groups in total. The molecule has 0 fully saturated rings. The number of halogens is 2. The SMILES string of the molecule is CNC(Cc1cc(F)ccc1C)c1cccc(F)c1. The number of nitrogens with one attached hydrogen (secondary N) is 1. The van der Waals surface area contributed by atoms with Crippen LogP contribution in [-0.2, 0) is 6.42 Å². The van der Waals surface area contributed by atoms with Crippen molar-refractivity contribution < 1.29 is 8.78 Å². The number of rotatable bonds is 4. The molecular weight excluding hydrogens is 244 g/mol. The highest BCUT2D eigenvalue weighted by atomic mass is 19.1. The molecule has 0 aliphatic heterocycles. The summed E-state index contributed by atoms with van der Waals surface area (Å²) in [6.07, 6.45) is 0.629. The van der Waals surface area contributed by atoms with Crippen molar-refractivity contribution in [3.05, 3.63) is 70.8 Å². The molecule has 0 heterocycles. The molecule has 0 aliphatic rings. The number of hydrogen-bond acceptors (Lipinski definition) is 1. The van der Waals surface area contributed by atoms with E-state index in [9.17, 15) is 8.78 Å². The molecular formula is C16H17F2N. The molecule has 2 aromatic carbocycles. The first-order valence-electron chi connectivity index (χ1n) is 6.28. The van der Waals surface area contributed by atoms with Gasteiger partial charge in [0, 0.05) is 6.04 Å². The normalized spacial score (nSPS) is 12.4. The molecule has 2 rings (SSSR count). The number of benzene rings is 2. The minimum absolute atomic E-state index is 0.0313. The summed E-state index contributed by atoms with van der Waals surface area (Å²) < 4.78 is 26.5. The van der Waals surface area contributed by atoms with E-state index in [1.165, 1.54) is 18.2 Å². The third kappa shape index (κ3) is 3.38. The van der Waals surface area contributed by atoms with Gasteiger partial charge in [0.2, 0.25) is 0 Å². The van der Waals surface area contributed by atoms with Crippen LogP contribution in [0.15, 0.2) is 42.5 Å². The van der Waals surface area contributed by atoms with Gasteiger partial charge in [-0.15, -0.1) is 0 Å². The standard InChI is InChI=1S/C16H17F2N/c1-11-6-7-15(18)9-13(11)10-16(19-2)12-4-3-5-14(17)8-12/h3-9,16,19H,10H2,1-2H3. The van der Waals surface area contributed by atoms with Crippen LogP contribution in [0.2, 0.25) is 0 Å². The van der Waals surface area contributed by atoms with Crippen LogP contribution in [-0.4, -0.2) is 7.05 Å². The molecule has 0 amide bonds. The Morgan fingerprint density at radius 2 is 1.79 bits per heavy atom. The Morgan fingerprint density at radius 1 is 1.05 bits per heavy atom. The van der Waals surface area contributed by atoms with E-state index in [0.717, 1.165) is 16.7 Å². The summed E-state index contributed by atoms with van der Waals surface area (Å²) in [4.78, 5) is 0. The van der Waals surface area contributed by atoms with Crippen LogP contribution in [0.1, 0.15) is 22.7 Å². The van der Waals surface area contributed by atoms with Gasteiger partial charge in [0.15, 0.2) is 0 Å². The molecule has 100 valence electrons. The lowest BCUT2D eigenvalue weighted by molar-refractivity contribution is 0.571. The molecule has 0 bridgehead atoms. The quantitative estimate of drug-likeness (QED) is 0.883. The molecule has 0 radical (unpaired) electrons. The summed E-state index contributed by atoms with van der Waals surface area (Å²) in [5.41, 5.74) is 2.84. The van der Waals surface area contributed by atoms with Crippen molar-refractivity contribution in [2.75, 3.05) is 7.05 Å². The lowest BCUT2D eigenvalue weighted by Crippen LogP contribution is -2.19. The van der Waals surface area contributed by atoms with E-state index in [1.807, 2.05) is 20.0 Å². The summed E-state index contributed by atoms with van der Waals surface area (Å²) in [7, 11) is 1.82. The van der Waals surface area contributed by atoms with Crippen molar-refractivity contribution in [3.63, 3.8) is 0 Å². The van der Waals surface area contributed by atoms with E-state index in [1.54, 1.807) is 18.2 Å². The van der Waals surface area contributed by atoms with E-state index in [0.29, 0.717) is 6.42 Å². The Balaban J connectivity index is 2.26. The lowest BCUT2D eigenvalue weighted by Gasteiger charge is -2.18. The molecule has 1 unspecified atom stereocenters. The van der Waals surface area contributed by atoms with E-state index in [-0.39, 0.29) is 17.7 Å². The molecule has 3 heteroatoms. The van der Waals surface area contributed by atoms with Gasteiger partial charge in [0.1, 0.15) is 11.6 Å². The number of aryl methyl sites for hydroxylation is 1. The van der Waals surface area contributed by atoms with E-state index >= 15 is 0 Å². The summed E-state index contributed by atoms with van der Waals surface area (Å²) in [5.74, 6) is -0.497. The van der Waals surface area contributed by atoms with Crippen LogP contribution >= 0.6 is 0 Å². The second kappa shape index (κ2) is 5.93. The number of hydrogen-bond donors (Lipinski definition) is 1. The van der Waals surface area contributed by atoms with Gasteiger partial charge in [-0.1, -0.05) is 18.2 Å². The molecule has 2 aromatic rings.